The van der Waals surface area contributed by atoms with Crippen LogP contribution >= 0.6 is 11.6 Å². The summed E-state index contributed by atoms with van der Waals surface area (Å²) in [6, 6.07) is 10.4. The number of pyridine rings is 1. The molecule has 0 radical (unpaired) electrons. The van der Waals surface area contributed by atoms with Crippen LogP contribution in [0.15, 0.2) is 36.4 Å². The molecule has 5 nitrogen and oxygen atoms in total. The number of aliphatic carboxylic acids is 1. The molecule has 26 heavy (non-hydrogen) atoms. The summed E-state index contributed by atoms with van der Waals surface area (Å²) < 4.78 is 5.56. The Bertz CT molecular complexity index is 796. The predicted molar refractivity (Wildman–Crippen MR) is 101 cm³/mol. The third-order valence-corrected chi connectivity index (χ3v) is 5.07. The van der Waals surface area contributed by atoms with Crippen molar-refractivity contribution in [3.8, 4) is 5.75 Å². The van der Waals surface area contributed by atoms with E-state index >= 15 is 0 Å². The molecule has 2 aromatic rings. The second-order valence-electron chi connectivity index (χ2n) is 6.58. The van der Waals surface area contributed by atoms with Crippen LogP contribution in [0.2, 0.25) is 5.02 Å². The molecule has 3 rings (SSSR count). The number of piperidine rings is 1. The molecule has 2 heterocycles. The Balaban J connectivity index is 2.17. The summed E-state index contributed by atoms with van der Waals surface area (Å²) in [5.41, 5.74) is 2.53. The second-order valence-corrected chi connectivity index (χ2v) is 7.02. The van der Waals surface area contributed by atoms with Crippen molar-refractivity contribution in [1.29, 1.82) is 0 Å². The van der Waals surface area contributed by atoms with E-state index in [-0.39, 0.29) is 6.04 Å². The highest BCUT2D eigenvalue weighted by atomic mass is 35.5. The number of likely N-dealkylation sites (tertiary alicyclic amines) is 1. The molecule has 1 saturated heterocycles. The topological polar surface area (TPSA) is 62.7 Å². The van der Waals surface area contributed by atoms with E-state index in [1.165, 1.54) is 0 Å². The smallest absolute Gasteiger partial charge is 0.320 e. The average molecular weight is 375 g/mol. The Hall–Kier alpha value is -2.11. The van der Waals surface area contributed by atoms with E-state index in [0.29, 0.717) is 23.7 Å². The van der Waals surface area contributed by atoms with Gasteiger partial charge in [0, 0.05) is 16.3 Å². The summed E-state index contributed by atoms with van der Waals surface area (Å²) in [5, 5.41) is 10.4. The van der Waals surface area contributed by atoms with Gasteiger partial charge in [0.25, 0.3) is 0 Å². The highest BCUT2D eigenvalue weighted by Crippen LogP contribution is 2.39. The molecular formula is C20H23ClN2O3. The molecular weight excluding hydrogens is 352 g/mol. The largest absolute Gasteiger partial charge is 0.496 e. The molecule has 6 heteroatoms. The van der Waals surface area contributed by atoms with Crippen LogP contribution in [0.5, 0.6) is 5.75 Å². The molecule has 2 atom stereocenters. The summed E-state index contributed by atoms with van der Waals surface area (Å²) in [6.45, 7) is 2.62. The van der Waals surface area contributed by atoms with Crippen LogP contribution in [-0.4, -0.2) is 40.7 Å². The molecule has 1 aromatic carbocycles. The normalized spacial score (nSPS) is 19.1. The third-order valence-electron chi connectivity index (χ3n) is 4.84. The van der Waals surface area contributed by atoms with E-state index in [1.54, 1.807) is 13.2 Å². The first-order valence-electron chi connectivity index (χ1n) is 8.77. The lowest BCUT2D eigenvalue weighted by atomic mass is 9.93. The SMILES string of the molecule is COc1ccc(Cl)cc1C(c1cccc(C)n1)N1CCCCC1C(=O)O. The minimum atomic E-state index is -0.802. The molecule has 0 amide bonds. The molecule has 0 spiro atoms. The van der Waals surface area contributed by atoms with Crippen LogP contribution in [0.25, 0.3) is 0 Å². The molecule has 138 valence electrons. The van der Waals surface area contributed by atoms with E-state index in [9.17, 15) is 9.90 Å². The molecule has 0 aliphatic carbocycles. The Kier molecular flexibility index (Phi) is 5.79. The fourth-order valence-corrected chi connectivity index (χ4v) is 3.85. The summed E-state index contributed by atoms with van der Waals surface area (Å²) in [4.78, 5) is 18.6. The zero-order valence-electron chi connectivity index (χ0n) is 15.0. The van der Waals surface area contributed by atoms with Gasteiger partial charge >= 0.3 is 5.97 Å². The number of halogens is 1. The van der Waals surface area contributed by atoms with Crippen LogP contribution in [0.1, 0.15) is 42.3 Å². The van der Waals surface area contributed by atoms with Gasteiger partial charge in [0.05, 0.1) is 18.8 Å². The van der Waals surface area contributed by atoms with E-state index in [4.69, 9.17) is 21.3 Å². The zero-order chi connectivity index (χ0) is 18.7. The van der Waals surface area contributed by atoms with Crippen molar-refractivity contribution in [2.24, 2.45) is 0 Å². The number of rotatable bonds is 5. The summed E-state index contributed by atoms with van der Waals surface area (Å²) in [5.74, 6) is -0.124. The van der Waals surface area contributed by atoms with Crippen molar-refractivity contribution in [1.82, 2.24) is 9.88 Å². The van der Waals surface area contributed by atoms with Gasteiger partial charge in [-0.2, -0.15) is 0 Å². The van der Waals surface area contributed by atoms with Crippen molar-refractivity contribution in [3.05, 3.63) is 58.4 Å². The number of benzene rings is 1. The molecule has 1 aliphatic rings. The number of ether oxygens (including phenoxy) is 1. The van der Waals surface area contributed by atoms with Gasteiger partial charge in [0.1, 0.15) is 11.8 Å². The molecule has 1 aromatic heterocycles. The van der Waals surface area contributed by atoms with Gasteiger partial charge in [-0.25, -0.2) is 0 Å². The van der Waals surface area contributed by atoms with Gasteiger partial charge in [-0.3, -0.25) is 14.7 Å². The number of hydrogen-bond donors (Lipinski definition) is 1. The highest BCUT2D eigenvalue weighted by Gasteiger charge is 2.37. The summed E-state index contributed by atoms with van der Waals surface area (Å²) in [6.07, 6.45) is 2.49. The lowest BCUT2D eigenvalue weighted by Crippen LogP contribution is -2.47. The minimum Gasteiger partial charge on any atom is -0.496 e. The van der Waals surface area contributed by atoms with Crippen molar-refractivity contribution < 1.29 is 14.6 Å². The first-order valence-corrected chi connectivity index (χ1v) is 9.14. The fourth-order valence-electron chi connectivity index (χ4n) is 3.67. The van der Waals surface area contributed by atoms with Gasteiger partial charge in [-0.1, -0.05) is 24.1 Å². The number of nitrogens with zero attached hydrogens (tertiary/aromatic N) is 2. The average Bonchev–Trinajstić information content (AvgIpc) is 2.62. The van der Waals surface area contributed by atoms with E-state index in [0.717, 1.165) is 29.8 Å². The first kappa shape index (κ1) is 18.7. The fraction of sp³-hybridized carbons (Fsp3) is 0.400. The minimum absolute atomic E-state index is 0.329. The van der Waals surface area contributed by atoms with Crippen LogP contribution in [0.4, 0.5) is 0 Å². The molecule has 1 fully saturated rings. The third kappa shape index (κ3) is 3.84. The van der Waals surface area contributed by atoms with Crippen LogP contribution in [0, 0.1) is 6.92 Å². The molecule has 0 bridgehead atoms. The maximum Gasteiger partial charge on any atom is 0.320 e. The van der Waals surface area contributed by atoms with Crippen molar-refractivity contribution >= 4 is 17.6 Å². The van der Waals surface area contributed by atoms with Gasteiger partial charge in [0.15, 0.2) is 0 Å². The first-order chi connectivity index (χ1) is 12.5. The molecule has 1 N–H and O–H groups in total. The van der Waals surface area contributed by atoms with Crippen molar-refractivity contribution in [2.45, 2.75) is 38.3 Å². The monoisotopic (exact) mass is 374 g/mol. The van der Waals surface area contributed by atoms with Crippen LogP contribution < -0.4 is 4.74 Å². The Morgan fingerprint density at radius 3 is 2.85 bits per heavy atom. The number of aromatic nitrogens is 1. The molecule has 1 aliphatic heterocycles. The second kappa shape index (κ2) is 8.06. The van der Waals surface area contributed by atoms with Gasteiger partial charge in [-0.15, -0.1) is 0 Å². The standard InChI is InChI=1S/C20H23ClN2O3/c1-13-6-5-7-16(22-13)19(15-12-14(21)9-10-18(15)26-2)23-11-4-3-8-17(23)20(24)25/h5-7,9-10,12,17,19H,3-4,8,11H2,1-2H3,(H,24,25). The number of carboxylic acids is 1. The number of carboxylic acid groups (broad SMARTS) is 1. The molecule has 0 saturated carbocycles. The Labute approximate surface area is 158 Å². The van der Waals surface area contributed by atoms with Crippen LogP contribution in [0.3, 0.4) is 0 Å². The maximum atomic E-state index is 11.9. The van der Waals surface area contributed by atoms with Crippen molar-refractivity contribution in [2.75, 3.05) is 13.7 Å². The number of carbonyl (C=O) groups is 1. The van der Waals surface area contributed by atoms with Gasteiger partial charge < -0.3 is 9.84 Å². The Morgan fingerprint density at radius 2 is 2.15 bits per heavy atom. The summed E-state index contributed by atoms with van der Waals surface area (Å²) >= 11 is 6.26. The van der Waals surface area contributed by atoms with Gasteiger partial charge in [0.2, 0.25) is 0 Å². The molecule has 2 unspecified atom stereocenters. The van der Waals surface area contributed by atoms with E-state index in [2.05, 4.69) is 0 Å². The highest BCUT2D eigenvalue weighted by molar-refractivity contribution is 6.30. The predicted octanol–water partition coefficient (Wildman–Crippen LogP) is 4.08. The lowest BCUT2D eigenvalue weighted by molar-refractivity contribution is -0.145. The van der Waals surface area contributed by atoms with E-state index in [1.807, 2.05) is 42.2 Å². The number of methoxy groups -OCH3 is 1. The van der Waals surface area contributed by atoms with Gasteiger partial charge in [-0.05, 0) is 56.6 Å². The lowest BCUT2D eigenvalue weighted by Gasteiger charge is -2.39. The summed E-state index contributed by atoms with van der Waals surface area (Å²) in [7, 11) is 1.61. The van der Waals surface area contributed by atoms with Crippen molar-refractivity contribution in [3.63, 3.8) is 0 Å². The quantitative estimate of drug-likeness (QED) is 0.854. The van der Waals surface area contributed by atoms with E-state index < -0.39 is 12.0 Å². The Morgan fingerprint density at radius 1 is 1.35 bits per heavy atom. The number of hydrogen-bond acceptors (Lipinski definition) is 4. The maximum absolute atomic E-state index is 11.9. The van der Waals surface area contributed by atoms with Crippen LogP contribution in [-0.2, 0) is 4.79 Å². The zero-order valence-corrected chi connectivity index (χ0v) is 15.7. The number of aryl methyl sites for hydroxylation is 1.